The average molecular weight is 253 g/mol. The van der Waals surface area contributed by atoms with Crippen LogP contribution in [0.1, 0.15) is 5.56 Å². The highest BCUT2D eigenvalue weighted by molar-refractivity contribution is 9.10. The normalized spacial score (nSPS) is 15.7. The third-order valence-corrected chi connectivity index (χ3v) is 2.76. The molecule has 14 heavy (non-hydrogen) atoms. The first-order valence-corrected chi connectivity index (χ1v) is 5.16. The molecule has 0 unspecified atom stereocenters. The number of halogens is 1. The minimum absolute atomic E-state index is 0.273. The SMILES string of the molecule is N#Cc1ccc(OC2CNC2)cc1Br. The molecule has 1 saturated heterocycles. The molecule has 1 heterocycles. The van der Waals surface area contributed by atoms with Gasteiger partial charge in [0.25, 0.3) is 0 Å². The van der Waals surface area contributed by atoms with Crippen LogP contribution >= 0.6 is 15.9 Å². The highest BCUT2D eigenvalue weighted by atomic mass is 79.9. The molecule has 1 aliphatic rings. The van der Waals surface area contributed by atoms with Crippen LogP contribution in [-0.4, -0.2) is 19.2 Å². The first-order valence-electron chi connectivity index (χ1n) is 4.36. The zero-order chi connectivity index (χ0) is 9.97. The Kier molecular flexibility index (Phi) is 2.71. The predicted octanol–water partition coefficient (Wildman–Crippen LogP) is 1.67. The molecular weight excluding hydrogens is 244 g/mol. The van der Waals surface area contributed by atoms with Gasteiger partial charge in [-0.3, -0.25) is 0 Å². The van der Waals surface area contributed by atoms with E-state index in [9.17, 15) is 0 Å². The van der Waals surface area contributed by atoms with Gasteiger partial charge in [0.1, 0.15) is 17.9 Å². The summed E-state index contributed by atoms with van der Waals surface area (Å²) in [6.45, 7) is 1.80. The van der Waals surface area contributed by atoms with E-state index in [0.717, 1.165) is 23.3 Å². The number of hydrogen-bond acceptors (Lipinski definition) is 3. The molecule has 1 aliphatic heterocycles. The lowest BCUT2D eigenvalue weighted by Gasteiger charge is -2.27. The Morgan fingerprint density at radius 1 is 1.50 bits per heavy atom. The van der Waals surface area contributed by atoms with Gasteiger partial charge in [0, 0.05) is 17.6 Å². The lowest BCUT2D eigenvalue weighted by Crippen LogP contribution is -2.50. The molecule has 2 rings (SSSR count). The summed E-state index contributed by atoms with van der Waals surface area (Å²) in [6.07, 6.45) is 0.273. The molecule has 1 N–H and O–H groups in total. The van der Waals surface area contributed by atoms with Gasteiger partial charge in [-0.25, -0.2) is 0 Å². The van der Waals surface area contributed by atoms with Gasteiger partial charge >= 0.3 is 0 Å². The highest BCUT2D eigenvalue weighted by Gasteiger charge is 2.18. The first kappa shape index (κ1) is 9.50. The van der Waals surface area contributed by atoms with Gasteiger partial charge in [-0.05, 0) is 34.1 Å². The summed E-state index contributed by atoms with van der Waals surface area (Å²) in [7, 11) is 0. The van der Waals surface area contributed by atoms with Crippen molar-refractivity contribution in [2.75, 3.05) is 13.1 Å². The number of benzene rings is 1. The van der Waals surface area contributed by atoms with Gasteiger partial charge in [0.05, 0.1) is 5.56 Å². The van der Waals surface area contributed by atoms with Gasteiger partial charge < -0.3 is 10.1 Å². The van der Waals surface area contributed by atoms with Crippen LogP contribution in [0.4, 0.5) is 0 Å². The van der Waals surface area contributed by atoms with Crippen molar-refractivity contribution in [2.45, 2.75) is 6.10 Å². The molecule has 4 heteroatoms. The average Bonchev–Trinajstić information content (AvgIpc) is 2.12. The highest BCUT2D eigenvalue weighted by Crippen LogP contribution is 2.23. The Morgan fingerprint density at radius 3 is 2.79 bits per heavy atom. The third-order valence-electron chi connectivity index (χ3n) is 2.11. The summed E-state index contributed by atoms with van der Waals surface area (Å²) in [6, 6.07) is 7.50. The minimum Gasteiger partial charge on any atom is -0.488 e. The van der Waals surface area contributed by atoms with E-state index >= 15 is 0 Å². The zero-order valence-corrected chi connectivity index (χ0v) is 9.04. The molecule has 0 spiro atoms. The van der Waals surface area contributed by atoms with E-state index in [1.54, 1.807) is 6.07 Å². The molecule has 0 atom stereocenters. The summed E-state index contributed by atoms with van der Waals surface area (Å²) >= 11 is 3.32. The van der Waals surface area contributed by atoms with Gasteiger partial charge in [-0.15, -0.1) is 0 Å². The summed E-state index contributed by atoms with van der Waals surface area (Å²) in [5, 5.41) is 11.8. The lowest BCUT2D eigenvalue weighted by molar-refractivity contribution is 0.142. The maximum absolute atomic E-state index is 8.72. The van der Waals surface area contributed by atoms with Crippen LogP contribution < -0.4 is 10.1 Å². The second kappa shape index (κ2) is 3.99. The van der Waals surface area contributed by atoms with Crippen molar-refractivity contribution in [2.24, 2.45) is 0 Å². The van der Waals surface area contributed by atoms with Gasteiger partial charge in [-0.2, -0.15) is 5.26 Å². The number of nitrogens with one attached hydrogen (secondary N) is 1. The summed E-state index contributed by atoms with van der Waals surface area (Å²) in [5.41, 5.74) is 0.629. The Hall–Kier alpha value is -1.05. The van der Waals surface area contributed by atoms with E-state index in [2.05, 4.69) is 27.3 Å². The van der Waals surface area contributed by atoms with Crippen molar-refractivity contribution < 1.29 is 4.74 Å². The molecule has 0 aromatic heterocycles. The van der Waals surface area contributed by atoms with Gasteiger partial charge in [0.15, 0.2) is 0 Å². The predicted molar refractivity (Wildman–Crippen MR) is 56.1 cm³/mol. The smallest absolute Gasteiger partial charge is 0.123 e. The van der Waals surface area contributed by atoms with Crippen molar-refractivity contribution in [1.82, 2.24) is 5.32 Å². The molecule has 1 aromatic carbocycles. The van der Waals surface area contributed by atoms with E-state index in [-0.39, 0.29) is 6.10 Å². The van der Waals surface area contributed by atoms with Crippen LogP contribution in [-0.2, 0) is 0 Å². The van der Waals surface area contributed by atoms with Crippen molar-refractivity contribution in [1.29, 1.82) is 5.26 Å². The third kappa shape index (κ3) is 1.89. The van der Waals surface area contributed by atoms with E-state index in [1.165, 1.54) is 0 Å². The zero-order valence-electron chi connectivity index (χ0n) is 7.46. The van der Waals surface area contributed by atoms with Crippen LogP contribution in [0.15, 0.2) is 22.7 Å². The maximum atomic E-state index is 8.72. The molecule has 0 aliphatic carbocycles. The van der Waals surface area contributed by atoms with Crippen molar-refractivity contribution in [3.8, 4) is 11.8 Å². The molecule has 0 saturated carbocycles. The summed E-state index contributed by atoms with van der Waals surface area (Å²) in [5.74, 6) is 0.808. The quantitative estimate of drug-likeness (QED) is 0.871. The number of hydrogen-bond donors (Lipinski definition) is 1. The molecule has 0 bridgehead atoms. The summed E-state index contributed by atoms with van der Waals surface area (Å²) < 4.78 is 6.41. The molecule has 0 amide bonds. The van der Waals surface area contributed by atoms with Crippen LogP contribution in [0.25, 0.3) is 0 Å². The fourth-order valence-electron chi connectivity index (χ4n) is 1.20. The summed E-state index contributed by atoms with van der Waals surface area (Å²) in [4.78, 5) is 0. The van der Waals surface area contributed by atoms with Crippen molar-refractivity contribution in [3.63, 3.8) is 0 Å². The Labute approximate surface area is 90.8 Å². The Bertz CT molecular complexity index is 382. The van der Waals surface area contributed by atoms with Gasteiger partial charge in [-0.1, -0.05) is 0 Å². The minimum atomic E-state index is 0.273. The number of nitrogens with zero attached hydrogens (tertiary/aromatic N) is 1. The standard InChI is InChI=1S/C10H9BrN2O/c11-10-3-8(2-1-7(10)4-12)14-9-5-13-6-9/h1-3,9,13H,5-6H2. The monoisotopic (exact) mass is 252 g/mol. The topological polar surface area (TPSA) is 45.0 Å². The van der Waals surface area contributed by atoms with Crippen molar-refractivity contribution in [3.05, 3.63) is 28.2 Å². The Balaban J connectivity index is 2.12. The first-order chi connectivity index (χ1) is 6.79. The number of rotatable bonds is 2. The van der Waals surface area contributed by atoms with E-state index < -0.39 is 0 Å². The molecule has 72 valence electrons. The second-order valence-electron chi connectivity index (χ2n) is 3.15. The number of nitriles is 1. The molecule has 3 nitrogen and oxygen atoms in total. The fraction of sp³-hybridized carbons (Fsp3) is 0.300. The largest absolute Gasteiger partial charge is 0.488 e. The van der Waals surface area contributed by atoms with Crippen LogP contribution in [0.3, 0.4) is 0 Å². The van der Waals surface area contributed by atoms with E-state index in [4.69, 9.17) is 10.00 Å². The number of ether oxygens (including phenoxy) is 1. The fourth-order valence-corrected chi connectivity index (χ4v) is 1.64. The van der Waals surface area contributed by atoms with Crippen LogP contribution in [0.5, 0.6) is 5.75 Å². The molecule has 1 aromatic rings. The van der Waals surface area contributed by atoms with Crippen LogP contribution in [0.2, 0.25) is 0 Å². The van der Waals surface area contributed by atoms with E-state index in [0.29, 0.717) is 5.56 Å². The Morgan fingerprint density at radius 2 is 2.29 bits per heavy atom. The lowest BCUT2D eigenvalue weighted by atomic mass is 10.2. The molecule has 1 fully saturated rings. The maximum Gasteiger partial charge on any atom is 0.123 e. The van der Waals surface area contributed by atoms with E-state index in [1.807, 2.05) is 12.1 Å². The second-order valence-corrected chi connectivity index (χ2v) is 4.01. The van der Waals surface area contributed by atoms with Crippen LogP contribution in [0, 0.1) is 11.3 Å². The van der Waals surface area contributed by atoms with Crippen molar-refractivity contribution >= 4 is 15.9 Å². The molecular formula is C10H9BrN2O. The van der Waals surface area contributed by atoms with Gasteiger partial charge in [0.2, 0.25) is 0 Å². The molecule has 0 radical (unpaired) electrons.